The highest BCUT2D eigenvalue weighted by Crippen LogP contribution is 2.23. The zero-order chi connectivity index (χ0) is 15.0. The Morgan fingerprint density at radius 3 is 2.40 bits per heavy atom. The number of carbonyl (C=O) groups excluding carboxylic acids is 1. The smallest absolute Gasteiger partial charge is 0.242 e. The maximum absolute atomic E-state index is 12.1. The summed E-state index contributed by atoms with van der Waals surface area (Å²) in [7, 11) is 0. The quantitative estimate of drug-likeness (QED) is 0.735. The molecule has 0 saturated heterocycles. The lowest BCUT2D eigenvalue weighted by molar-refractivity contribution is -0.128. The third-order valence-corrected chi connectivity index (χ3v) is 3.06. The molecule has 0 heterocycles. The standard InChI is InChI=1S/C17H24N2O/c1-5-11-19(12-6-2)17(20)13-18-16-10-8-7-9-15(16)14(3)4/h5-10,14,18H,1-2,11-13H2,3-4H3. The second-order valence-corrected chi connectivity index (χ2v) is 4.97. The fourth-order valence-electron chi connectivity index (χ4n) is 2.03. The normalized spacial score (nSPS) is 10.2. The van der Waals surface area contributed by atoms with Gasteiger partial charge in [-0.2, -0.15) is 0 Å². The molecule has 0 aromatic heterocycles. The Hall–Kier alpha value is -2.03. The molecule has 0 radical (unpaired) electrons. The molecular formula is C17H24N2O. The highest BCUT2D eigenvalue weighted by atomic mass is 16.2. The minimum absolute atomic E-state index is 0.0448. The maximum Gasteiger partial charge on any atom is 0.242 e. The largest absolute Gasteiger partial charge is 0.376 e. The summed E-state index contributed by atoms with van der Waals surface area (Å²) in [5, 5.41) is 3.23. The van der Waals surface area contributed by atoms with E-state index in [1.54, 1.807) is 17.1 Å². The van der Waals surface area contributed by atoms with Crippen molar-refractivity contribution in [3.05, 3.63) is 55.1 Å². The van der Waals surface area contributed by atoms with Crippen LogP contribution in [0.1, 0.15) is 25.3 Å². The van der Waals surface area contributed by atoms with Crippen molar-refractivity contribution in [1.82, 2.24) is 4.90 Å². The van der Waals surface area contributed by atoms with Crippen molar-refractivity contribution >= 4 is 11.6 Å². The zero-order valence-corrected chi connectivity index (χ0v) is 12.4. The first-order valence-corrected chi connectivity index (χ1v) is 6.92. The predicted molar refractivity (Wildman–Crippen MR) is 86.0 cm³/mol. The summed E-state index contributed by atoms with van der Waals surface area (Å²) in [5.41, 5.74) is 2.24. The summed E-state index contributed by atoms with van der Waals surface area (Å²) in [6.45, 7) is 13.0. The maximum atomic E-state index is 12.1. The van der Waals surface area contributed by atoms with Gasteiger partial charge in [-0.1, -0.05) is 44.2 Å². The van der Waals surface area contributed by atoms with E-state index >= 15 is 0 Å². The van der Waals surface area contributed by atoms with Gasteiger partial charge in [-0.05, 0) is 17.5 Å². The van der Waals surface area contributed by atoms with Gasteiger partial charge in [-0.3, -0.25) is 4.79 Å². The number of amides is 1. The first kappa shape index (κ1) is 16.0. The number of hydrogen-bond acceptors (Lipinski definition) is 2. The number of para-hydroxylation sites is 1. The summed E-state index contributed by atoms with van der Waals surface area (Å²) >= 11 is 0. The van der Waals surface area contributed by atoms with Gasteiger partial charge in [0.25, 0.3) is 0 Å². The summed E-state index contributed by atoms with van der Waals surface area (Å²) in [5.74, 6) is 0.467. The predicted octanol–water partition coefficient (Wildman–Crippen LogP) is 3.42. The van der Waals surface area contributed by atoms with Gasteiger partial charge in [0, 0.05) is 18.8 Å². The van der Waals surface area contributed by atoms with Crippen molar-refractivity contribution in [2.24, 2.45) is 0 Å². The molecule has 1 amide bonds. The third kappa shape index (κ3) is 4.57. The van der Waals surface area contributed by atoms with E-state index in [4.69, 9.17) is 0 Å². The summed E-state index contributed by atoms with van der Waals surface area (Å²) in [6, 6.07) is 8.09. The molecule has 0 unspecified atom stereocenters. The molecule has 1 N–H and O–H groups in total. The fraction of sp³-hybridized carbons (Fsp3) is 0.353. The van der Waals surface area contributed by atoms with E-state index < -0.39 is 0 Å². The van der Waals surface area contributed by atoms with Gasteiger partial charge in [0.15, 0.2) is 0 Å². The zero-order valence-electron chi connectivity index (χ0n) is 12.4. The molecule has 20 heavy (non-hydrogen) atoms. The van der Waals surface area contributed by atoms with Crippen LogP contribution in [0.5, 0.6) is 0 Å². The number of anilines is 1. The van der Waals surface area contributed by atoms with Crippen LogP contribution in [-0.4, -0.2) is 30.4 Å². The van der Waals surface area contributed by atoms with Crippen LogP contribution in [0.4, 0.5) is 5.69 Å². The van der Waals surface area contributed by atoms with Gasteiger partial charge in [0.2, 0.25) is 5.91 Å². The molecule has 0 saturated carbocycles. The Kier molecular flexibility index (Phi) is 6.57. The lowest BCUT2D eigenvalue weighted by Gasteiger charge is -2.21. The molecule has 108 valence electrons. The van der Waals surface area contributed by atoms with Crippen molar-refractivity contribution in [2.45, 2.75) is 19.8 Å². The van der Waals surface area contributed by atoms with E-state index in [0.717, 1.165) is 5.69 Å². The van der Waals surface area contributed by atoms with Gasteiger partial charge in [0.1, 0.15) is 0 Å². The average molecular weight is 272 g/mol. The molecular weight excluding hydrogens is 248 g/mol. The SMILES string of the molecule is C=CCN(CC=C)C(=O)CNc1ccccc1C(C)C. The number of rotatable bonds is 8. The van der Waals surface area contributed by atoms with Crippen LogP contribution in [-0.2, 0) is 4.79 Å². The lowest BCUT2D eigenvalue weighted by Crippen LogP contribution is -2.35. The lowest BCUT2D eigenvalue weighted by atomic mass is 10.0. The van der Waals surface area contributed by atoms with Crippen LogP contribution >= 0.6 is 0 Å². The van der Waals surface area contributed by atoms with Crippen molar-refractivity contribution in [3.8, 4) is 0 Å². The molecule has 0 aliphatic heterocycles. The van der Waals surface area contributed by atoms with Gasteiger partial charge in [-0.15, -0.1) is 13.2 Å². The molecule has 1 aromatic carbocycles. The van der Waals surface area contributed by atoms with E-state index in [1.807, 2.05) is 18.2 Å². The summed E-state index contributed by atoms with van der Waals surface area (Å²) in [6.07, 6.45) is 3.45. The first-order chi connectivity index (χ1) is 9.60. The minimum Gasteiger partial charge on any atom is -0.376 e. The van der Waals surface area contributed by atoms with Gasteiger partial charge in [-0.25, -0.2) is 0 Å². The van der Waals surface area contributed by atoms with Crippen LogP contribution in [0.3, 0.4) is 0 Å². The molecule has 1 aromatic rings. The monoisotopic (exact) mass is 272 g/mol. The van der Waals surface area contributed by atoms with Crippen LogP contribution in [0, 0.1) is 0 Å². The van der Waals surface area contributed by atoms with Crippen molar-refractivity contribution in [2.75, 3.05) is 25.0 Å². The van der Waals surface area contributed by atoms with Gasteiger partial charge in [0.05, 0.1) is 6.54 Å². The molecule has 1 rings (SSSR count). The van der Waals surface area contributed by atoms with Crippen molar-refractivity contribution < 1.29 is 4.79 Å². The number of carbonyl (C=O) groups is 1. The first-order valence-electron chi connectivity index (χ1n) is 6.92. The molecule has 0 bridgehead atoms. The molecule has 0 aliphatic rings. The Labute approximate surface area is 122 Å². The number of nitrogens with zero attached hydrogens (tertiary/aromatic N) is 1. The van der Waals surface area contributed by atoms with Gasteiger partial charge >= 0.3 is 0 Å². The fourth-order valence-corrected chi connectivity index (χ4v) is 2.03. The third-order valence-electron chi connectivity index (χ3n) is 3.06. The van der Waals surface area contributed by atoms with Gasteiger partial charge < -0.3 is 10.2 Å². The highest BCUT2D eigenvalue weighted by Gasteiger charge is 2.11. The average Bonchev–Trinajstić information content (AvgIpc) is 2.44. The Balaban J connectivity index is 2.68. The van der Waals surface area contributed by atoms with Crippen molar-refractivity contribution in [3.63, 3.8) is 0 Å². The molecule has 3 nitrogen and oxygen atoms in total. The van der Waals surface area contributed by atoms with E-state index in [1.165, 1.54) is 5.56 Å². The number of hydrogen-bond donors (Lipinski definition) is 1. The topological polar surface area (TPSA) is 32.3 Å². The molecule has 0 atom stereocenters. The van der Waals surface area contributed by atoms with E-state index in [9.17, 15) is 4.79 Å². The molecule has 0 fully saturated rings. The molecule has 0 aliphatic carbocycles. The van der Waals surface area contributed by atoms with E-state index in [0.29, 0.717) is 19.0 Å². The number of nitrogens with one attached hydrogen (secondary N) is 1. The second kappa shape index (κ2) is 8.20. The summed E-state index contributed by atoms with van der Waals surface area (Å²) in [4.78, 5) is 13.9. The van der Waals surface area contributed by atoms with Crippen LogP contribution in [0.2, 0.25) is 0 Å². The highest BCUT2D eigenvalue weighted by molar-refractivity contribution is 5.81. The summed E-state index contributed by atoms with van der Waals surface area (Å²) < 4.78 is 0. The second-order valence-electron chi connectivity index (χ2n) is 4.97. The molecule has 0 spiro atoms. The van der Waals surface area contributed by atoms with Crippen LogP contribution in [0.15, 0.2) is 49.6 Å². The Bertz CT molecular complexity index is 456. The van der Waals surface area contributed by atoms with E-state index in [-0.39, 0.29) is 12.5 Å². The van der Waals surface area contributed by atoms with E-state index in [2.05, 4.69) is 38.4 Å². The minimum atomic E-state index is 0.0448. The van der Waals surface area contributed by atoms with Crippen LogP contribution in [0.25, 0.3) is 0 Å². The van der Waals surface area contributed by atoms with Crippen LogP contribution < -0.4 is 5.32 Å². The Morgan fingerprint density at radius 1 is 1.25 bits per heavy atom. The Morgan fingerprint density at radius 2 is 1.85 bits per heavy atom. The number of benzene rings is 1. The van der Waals surface area contributed by atoms with Crippen molar-refractivity contribution in [1.29, 1.82) is 0 Å². The molecule has 3 heteroatoms.